The molecule has 1 amide bonds. The van der Waals surface area contributed by atoms with Crippen molar-refractivity contribution in [3.8, 4) is 5.75 Å². The highest BCUT2D eigenvalue weighted by atomic mass is 16.3. The van der Waals surface area contributed by atoms with E-state index >= 15 is 0 Å². The molecular weight excluding hydrogens is 338 g/mol. The molecule has 0 heterocycles. The van der Waals surface area contributed by atoms with Gasteiger partial charge in [-0.2, -0.15) is 0 Å². The van der Waals surface area contributed by atoms with Crippen molar-refractivity contribution in [3.05, 3.63) is 28.8 Å². The second kappa shape index (κ2) is 6.23. The highest BCUT2D eigenvalue weighted by Crippen LogP contribution is 2.63. The molecule has 1 aromatic carbocycles. The third-order valence-electron chi connectivity index (χ3n) is 8.55. The number of phenols is 1. The minimum Gasteiger partial charge on any atom is -0.507 e. The average Bonchev–Trinajstić information content (AvgIpc) is 2.58. The molecule has 3 fully saturated rings. The van der Waals surface area contributed by atoms with E-state index in [9.17, 15) is 15.0 Å². The van der Waals surface area contributed by atoms with Crippen LogP contribution in [0.3, 0.4) is 0 Å². The Labute approximate surface area is 161 Å². The van der Waals surface area contributed by atoms with E-state index in [2.05, 4.69) is 0 Å². The summed E-state index contributed by atoms with van der Waals surface area (Å²) in [5, 5.41) is 21.5. The Morgan fingerprint density at radius 3 is 2.70 bits per heavy atom. The van der Waals surface area contributed by atoms with Gasteiger partial charge in [0.25, 0.3) is 5.91 Å². The predicted octanol–water partition coefficient (Wildman–Crippen LogP) is 3.66. The Morgan fingerprint density at radius 1 is 1.19 bits per heavy atom. The zero-order valence-electron chi connectivity index (χ0n) is 16.0. The molecule has 1 aromatic rings. The van der Waals surface area contributed by atoms with Gasteiger partial charge in [0.1, 0.15) is 5.75 Å². The molecule has 2 bridgehead atoms. The number of rotatable bonds is 3. The zero-order valence-corrected chi connectivity index (χ0v) is 16.0. The van der Waals surface area contributed by atoms with E-state index in [1.54, 1.807) is 6.07 Å². The maximum atomic E-state index is 11.8. The fourth-order valence-electron chi connectivity index (χ4n) is 7.20. The topological polar surface area (TPSA) is 83.6 Å². The number of amides is 1. The van der Waals surface area contributed by atoms with Crippen LogP contribution in [0.1, 0.15) is 79.3 Å². The summed E-state index contributed by atoms with van der Waals surface area (Å²) in [6, 6.07) is 3.72. The Hall–Kier alpha value is -1.55. The van der Waals surface area contributed by atoms with E-state index in [0.717, 1.165) is 43.1 Å². The third-order valence-corrected chi connectivity index (χ3v) is 8.55. The molecule has 4 heteroatoms. The monoisotopic (exact) mass is 369 g/mol. The molecule has 0 aromatic heterocycles. The first-order valence-electron chi connectivity index (χ1n) is 10.8. The lowest BCUT2D eigenvalue weighted by molar-refractivity contribution is -0.0441. The molecule has 4 nitrogen and oxygen atoms in total. The summed E-state index contributed by atoms with van der Waals surface area (Å²) < 4.78 is 0. The molecule has 5 unspecified atom stereocenters. The van der Waals surface area contributed by atoms with Crippen LogP contribution in [0.15, 0.2) is 12.1 Å². The van der Waals surface area contributed by atoms with Gasteiger partial charge in [-0.05, 0) is 80.2 Å². The molecule has 4 N–H and O–H groups in total. The van der Waals surface area contributed by atoms with Crippen molar-refractivity contribution in [1.82, 2.24) is 0 Å². The van der Waals surface area contributed by atoms with Crippen molar-refractivity contribution < 1.29 is 15.0 Å². The largest absolute Gasteiger partial charge is 0.507 e. The van der Waals surface area contributed by atoms with E-state index in [1.165, 1.54) is 37.7 Å². The zero-order chi connectivity index (χ0) is 18.8. The van der Waals surface area contributed by atoms with Crippen LogP contribution in [-0.4, -0.2) is 22.2 Å². The minimum absolute atomic E-state index is 0.0926. The van der Waals surface area contributed by atoms with Gasteiger partial charge in [-0.15, -0.1) is 0 Å². The molecule has 3 saturated carbocycles. The van der Waals surface area contributed by atoms with Crippen LogP contribution in [0.2, 0.25) is 0 Å². The molecule has 27 heavy (non-hydrogen) atoms. The third kappa shape index (κ3) is 2.55. The Kier molecular flexibility index (Phi) is 4.05. The number of primary amides is 1. The van der Waals surface area contributed by atoms with E-state index < -0.39 is 5.91 Å². The molecule has 0 aliphatic heterocycles. The van der Waals surface area contributed by atoms with Gasteiger partial charge in [0, 0.05) is 11.0 Å². The van der Waals surface area contributed by atoms with Crippen molar-refractivity contribution in [3.63, 3.8) is 0 Å². The number of benzene rings is 1. The van der Waals surface area contributed by atoms with Crippen molar-refractivity contribution >= 4 is 5.91 Å². The fourth-order valence-corrected chi connectivity index (χ4v) is 7.20. The maximum Gasteiger partial charge on any atom is 0.252 e. The van der Waals surface area contributed by atoms with E-state index in [4.69, 9.17) is 5.73 Å². The van der Waals surface area contributed by atoms with Crippen LogP contribution >= 0.6 is 0 Å². The van der Waals surface area contributed by atoms with Crippen molar-refractivity contribution in [2.75, 3.05) is 0 Å². The normalized spacial score (nSPS) is 37.8. The standard InChI is InChI=1S/C23H31NO3/c24-22(27)17-6-4-15-11-18-14(10-13-2-1-3-13)8-9-23(20(15)21(17)26)12-16(25)5-7-19(18)23/h4,6,13-14,16,18-19,25-26H,1-3,5,7-12H2,(H2,24,27). The minimum atomic E-state index is -0.569. The van der Waals surface area contributed by atoms with Gasteiger partial charge in [-0.1, -0.05) is 25.3 Å². The molecule has 0 radical (unpaired) electrons. The quantitative estimate of drug-likeness (QED) is 0.760. The predicted molar refractivity (Wildman–Crippen MR) is 104 cm³/mol. The number of carbonyl (C=O) groups is 1. The molecular formula is C23H31NO3. The number of aliphatic hydroxyl groups is 1. The molecule has 146 valence electrons. The lowest BCUT2D eigenvalue weighted by Crippen LogP contribution is -2.55. The number of carbonyl (C=O) groups excluding carboxylic acids is 1. The fraction of sp³-hybridized carbons (Fsp3) is 0.696. The van der Waals surface area contributed by atoms with Crippen LogP contribution in [0.4, 0.5) is 0 Å². The van der Waals surface area contributed by atoms with Gasteiger partial charge < -0.3 is 15.9 Å². The highest BCUT2D eigenvalue weighted by Gasteiger charge is 2.57. The van der Waals surface area contributed by atoms with Crippen LogP contribution in [0, 0.1) is 23.7 Å². The molecule has 4 aliphatic rings. The number of hydrogen-bond acceptors (Lipinski definition) is 3. The SMILES string of the molecule is NC(=O)c1ccc2c(c1O)C13CCC(CC4CCC4)C(C2)C1CCC(O)C3. The molecule has 5 atom stereocenters. The summed E-state index contributed by atoms with van der Waals surface area (Å²) in [6.07, 6.45) is 11.1. The highest BCUT2D eigenvalue weighted by molar-refractivity contribution is 5.96. The maximum absolute atomic E-state index is 11.8. The number of aliphatic hydroxyl groups excluding tert-OH is 1. The van der Waals surface area contributed by atoms with Gasteiger partial charge in [0.15, 0.2) is 0 Å². The van der Waals surface area contributed by atoms with E-state index in [1.807, 2.05) is 6.07 Å². The summed E-state index contributed by atoms with van der Waals surface area (Å²) in [4.78, 5) is 11.8. The lowest BCUT2D eigenvalue weighted by atomic mass is 9.45. The van der Waals surface area contributed by atoms with Crippen LogP contribution in [0.5, 0.6) is 5.75 Å². The lowest BCUT2D eigenvalue weighted by Gasteiger charge is -2.59. The number of hydrogen-bond donors (Lipinski definition) is 3. The number of nitrogens with two attached hydrogens (primary N) is 1. The summed E-state index contributed by atoms with van der Waals surface area (Å²) in [6.45, 7) is 0. The van der Waals surface area contributed by atoms with Gasteiger partial charge in [0.05, 0.1) is 11.7 Å². The van der Waals surface area contributed by atoms with Gasteiger partial charge in [-0.25, -0.2) is 0 Å². The molecule has 5 rings (SSSR count). The van der Waals surface area contributed by atoms with Gasteiger partial charge in [-0.3, -0.25) is 4.79 Å². The molecule has 0 saturated heterocycles. The second-order valence-corrected chi connectivity index (χ2v) is 9.76. The first kappa shape index (κ1) is 17.5. The smallest absolute Gasteiger partial charge is 0.252 e. The van der Waals surface area contributed by atoms with Gasteiger partial charge in [0.2, 0.25) is 0 Å². The van der Waals surface area contributed by atoms with Crippen LogP contribution in [0.25, 0.3) is 0 Å². The number of aromatic hydroxyl groups is 1. The summed E-state index contributed by atoms with van der Waals surface area (Å²) >= 11 is 0. The number of fused-ring (bicyclic) bond motifs is 1. The Balaban J connectivity index is 1.60. The second-order valence-electron chi connectivity index (χ2n) is 9.76. The molecule has 0 spiro atoms. The summed E-state index contributed by atoms with van der Waals surface area (Å²) in [5.74, 6) is 2.38. The summed E-state index contributed by atoms with van der Waals surface area (Å²) in [7, 11) is 0. The van der Waals surface area contributed by atoms with Crippen molar-refractivity contribution in [2.24, 2.45) is 29.4 Å². The van der Waals surface area contributed by atoms with Crippen molar-refractivity contribution in [1.29, 1.82) is 0 Å². The Bertz CT molecular complexity index is 771. The van der Waals surface area contributed by atoms with Crippen molar-refractivity contribution in [2.45, 2.75) is 75.7 Å². The first-order chi connectivity index (χ1) is 13.0. The van der Waals surface area contributed by atoms with Crippen LogP contribution < -0.4 is 5.73 Å². The molecule has 4 aliphatic carbocycles. The first-order valence-corrected chi connectivity index (χ1v) is 10.8. The van der Waals surface area contributed by atoms with Crippen LogP contribution in [-0.2, 0) is 11.8 Å². The average molecular weight is 370 g/mol. The summed E-state index contributed by atoms with van der Waals surface area (Å²) in [5.41, 5.74) is 7.71. The van der Waals surface area contributed by atoms with E-state index in [0.29, 0.717) is 18.3 Å². The van der Waals surface area contributed by atoms with Gasteiger partial charge >= 0.3 is 0 Å². The van der Waals surface area contributed by atoms with E-state index in [-0.39, 0.29) is 22.8 Å². The Morgan fingerprint density at radius 2 is 2.00 bits per heavy atom.